The Kier molecular flexibility index (Phi) is 3.84. The molecular weight excluding hydrogens is 260 g/mol. The molecule has 0 aliphatic rings. The van der Waals surface area contributed by atoms with Gasteiger partial charge in [-0.1, -0.05) is 17.7 Å². The highest BCUT2D eigenvalue weighted by atomic mass is 16.5. The number of hydrogen-bond donors (Lipinski definition) is 1. The van der Waals surface area contributed by atoms with Crippen LogP contribution < -0.4 is 4.74 Å². The van der Waals surface area contributed by atoms with Crippen LogP contribution in [-0.2, 0) is 6.54 Å². The first-order valence-corrected chi connectivity index (χ1v) is 6.11. The fourth-order valence-electron chi connectivity index (χ4n) is 1.69. The van der Waals surface area contributed by atoms with E-state index in [-0.39, 0.29) is 11.4 Å². The monoisotopic (exact) mass is 274 g/mol. The first-order chi connectivity index (χ1) is 9.51. The molecule has 0 spiro atoms. The molecule has 0 unspecified atom stereocenters. The second-order valence-corrected chi connectivity index (χ2v) is 4.24. The van der Waals surface area contributed by atoms with Gasteiger partial charge in [0.25, 0.3) is 0 Å². The van der Waals surface area contributed by atoms with Crippen LogP contribution in [0, 0.1) is 6.92 Å². The van der Waals surface area contributed by atoms with Crippen molar-refractivity contribution in [3.8, 4) is 5.75 Å². The van der Waals surface area contributed by atoms with Crippen molar-refractivity contribution in [2.45, 2.75) is 20.4 Å². The van der Waals surface area contributed by atoms with Crippen LogP contribution in [-0.4, -0.2) is 26.8 Å². The first kappa shape index (κ1) is 13.8. The topological polar surface area (TPSA) is 81.4 Å². The molecule has 0 fully saturated rings. The van der Waals surface area contributed by atoms with E-state index in [4.69, 9.17) is 9.84 Å². The summed E-state index contributed by atoms with van der Waals surface area (Å²) in [6, 6.07) is 8.21. The highest BCUT2D eigenvalue weighted by Crippen LogP contribution is 2.14. The maximum Gasteiger partial charge on any atom is 0.362 e. The minimum atomic E-state index is -1.18. The van der Waals surface area contributed by atoms with Crippen molar-refractivity contribution in [1.82, 2.24) is 9.78 Å². The van der Waals surface area contributed by atoms with Gasteiger partial charge in [0.15, 0.2) is 5.69 Å². The Labute approximate surface area is 115 Å². The van der Waals surface area contributed by atoms with Gasteiger partial charge in [0.05, 0.1) is 0 Å². The van der Waals surface area contributed by atoms with Crippen LogP contribution in [0.5, 0.6) is 5.75 Å². The minimum absolute atomic E-state index is 0.116. The molecule has 0 aliphatic carbocycles. The second-order valence-electron chi connectivity index (χ2n) is 4.24. The van der Waals surface area contributed by atoms with Gasteiger partial charge in [-0.2, -0.15) is 5.10 Å². The van der Waals surface area contributed by atoms with E-state index < -0.39 is 11.9 Å². The predicted molar refractivity (Wildman–Crippen MR) is 71.0 cm³/mol. The molecule has 1 aromatic heterocycles. The summed E-state index contributed by atoms with van der Waals surface area (Å²) in [4.78, 5) is 22.9. The standard InChI is InChI=1S/C14H14N2O4/c1-3-16-12(8-11(15-16)13(17)18)14(19)20-10-6-4-9(2)5-7-10/h4-8H,3H2,1-2H3,(H,17,18). The number of carboxylic acids is 1. The number of esters is 1. The smallest absolute Gasteiger partial charge is 0.362 e. The normalized spacial score (nSPS) is 10.3. The molecule has 0 aliphatic heterocycles. The van der Waals surface area contributed by atoms with Gasteiger partial charge in [-0.15, -0.1) is 0 Å². The SMILES string of the molecule is CCn1nc(C(=O)O)cc1C(=O)Oc1ccc(C)cc1. The highest BCUT2D eigenvalue weighted by Gasteiger charge is 2.19. The van der Waals surface area contributed by atoms with E-state index in [1.54, 1.807) is 19.1 Å². The Bertz CT molecular complexity index is 644. The van der Waals surface area contributed by atoms with Crippen LogP contribution in [0.1, 0.15) is 33.5 Å². The molecule has 0 radical (unpaired) electrons. The summed E-state index contributed by atoms with van der Waals surface area (Å²) in [5, 5.41) is 12.7. The van der Waals surface area contributed by atoms with Crippen LogP contribution in [0.15, 0.2) is 30.3 Å². The molecule has 0 amide bonds. The van der Waals surface area contributed by atoms with Crippen LogP contribution in [0.25, 0.3) is 0 Å². The molecule has 0 bridgehead atoms. The number of ether oxygens (including phenoxy) is 1. The largest absolute Gasteiger partial charge is 0.476 e. The van der Waals surface area contributed by atoms with E-state index >= 15 is 0 Å². The molecule has 1 aromatic carbocycles. The number of nitrogens with zero attached hydrogens (tertiary/aromatic N) is 2. The maximum atomic E-state index is 12.0. The van der Waals surface area contributed by atoms with Gasteiger partial charge in [0.2, 0.25) is 0 Å². The zero-order valence-electron chi connectivity index (χ0n) is 11.2. The Morgan fingerprint density at radius 3 is 2.50 bits per heavy atom. The molecule has 0 saturated carbocycles. The zero-order valence-corrected chi connectivity index (χ0v) is 11.2. The Morgan fingerprint density at radius 1 is 1.30 bits per heavy atom. The van der Waals surface area contributed by atoms with Crippen molar-refractivity contribution in [2.75, 3.05) is 0 Å². The molecule has 6 heteroatoms. The van der Waals surface area contributed by atoms with Crippen LogP contribution in [0.3, 0.4) is 0 Å². The Hall–Kier alpha value is -2.63. The van der Waals surface area contributed by atoms with Crippen molar-refractivity contribution >= 4 is 11.9 Å². The van der Waals surface area contributed by atoms with Crippen molar-refractivity contribution in [3.63, 3.8) is 0 Å². The van der Waals surface area contributed by atoms with E-state index in [2.05, 4.69) is 5.10 Å². The number of benzene rings is 1. The van der Waals surface area contributed by atoms with Crippen LogP contribution in [0.4, 0.5) is 0 Å². The lowest BCUT2D eigenvalue weighted by Gasteiger charge is -2.05. The third kappa shape index (κ3) is 2.85. The number of hydrogen-bond acceptors (Lipinski definition) is 4. The highest BCUT2D eigenvalue weighted by molar-refractivity contribution is 5.93. The molecule has 2 rings (SSSR count). The summed E-state index contributed by atoms with van der Waals surface area (Å²) < 4.78 is 6.50. The molecule has 1 N–H and O–H groups in total. The number of aryl methyl sites for hydroxylation is 2. The van der Waals surface area contributed by atoms with E-state index in [1.807, 2.05) is 19.1 Å². The Morgan fingerprint density at radius 2 is 1.95 bits per heavy atom. The lowest BCUT2D eigenvalue weighted by atomic mass is 10.2. The summed E-state index contributed by atoms with van der Waals surface area (Å²) >= 11 is 0. The third-order valence-corrected chi connectivity index (χ3v) is 2.74. The summed E-state index contributed by atoms with van der Waals surface area (Å²) in [5.74, 6) is -1.40. The summed E-state index contributed by atoms with van der Waals surface area (Å²) in [7, 11) is 0. The van der Waals surface area contributed by atoms with Gasteiger partial charge < -0.3 is 9.84 Å². The van der Waals surface area contributed by atoms with Crippen molar-refractivity contribution < 1.29 is 19.4 Å². The quantitative estimate of drug-likeness (QED) is 0.682. The molecule has 104 valence electrons. The molecule has 0 saturated heterocycles. The molecular formula is C14H14N2O4. The van der Waals surface area contributed by atoms with Gasteiger partial charge >= 0.3 is 11.9 Å². The first-order valence-electron chi connectivity index (χ1n) is 6.11. The number of aromatic carboxylic acids is 1. The molecule has 6 nitrogen and oxygen atoms in total. The fourth-order valence-corrected chi connectivity index (χ4v) is 1.69. The summed E-state index contributed by atoms with van der Waals surface area (Å²) in [6.07, 6.45) is 0. The average molecular weight is 274 g/mol. The van der Waals surface area contributed by atoms with E-state index in [0.29, 0.717) is 12.3 Å². The van der Waals surface area contributed by atoms with Gasteiger partial charge in [-0.25, -0.2) is 9.59 Å². The zero-order chi connectivity index (χ0) is 14.7. The van der Waals surface area contributed by atoms with Crippen LogP contribution in [0.2, 0.25) is 0 Å². The molecule has 0 atom stereocenters. The second kappa shape index (κ2) is 5.56. The third-order valence-electron chi connectivity index (χ3n) is 2.74. The summed E-state index contributed by atoms with van der Waals surface area (Å²) in [6.45, 7) is 4.07. The van der Waals surface area contributed by atoms with Crippen molar-refractivity contribution in [3.05, 3.63) is 47.3 Å². The number of rotatable bonds is 4. The van der Waals surface area contributed by atoms with Gasteiger partial charge in [0.1, 0.15) is 11.4 Å². The fraction of sp³-hybridized carbons (Fsp3) is 0.214. The average Bonchev–Trinajstić information content (AvgIpc) is 2.86. The van der Waals surface area contributed by atoms with Crippen molar-refractivity contribution in [1.29, 1.82) is 0 Å². The number of carbonyl (C=O) groups excluding carboxylic acids is 1. The molecule has 1 heterocycles. The van der Waals surface area contributed by atoms with Gasteiger partial charge in [0, 0.05) is 12.6 Å². The van der Waals surface area contributed by atoms with Gasteiger partial charge in [-0.3, -0.25) is 4.68 Å². The number of carboxylic acid groups (broad SMARTS) is 1. The number of carbonyl (C=O) groups is 2. The predicted octanol–water partition coefficient (Wildman–Crippen LogP) is 2.13. The molecule has 2 aromatic rings. The minimum Gasteiger partial charge on any atom is -0.476 e. The lowest BCUT2D eigenvalue weighted by molar-refractivity contribution is 0.0687. The number of aromatic nitrogens is 2. The maximum absolute atomic E-state index is 12.0. The molecule has 20 heavy (non-hydrogen) atoms. The van der Waals surface area contributed by atoms with Crippen molar-refractivity contribution in [2.24, 2.45) is 0 Å². The van der Waals surface area contributed by atoms with Gasteiger partial charge in [-0.05, 0) is 26.0 Å². The summed E-state index contributed by atoms with van der Waals surface area (Å²) in [5.41, 5.74) is 0.991. The Balaban J connectivity index is 2.24. The van der Waals surface area contributed by atoms with E-state index in [1.165, 1.54) is 10.7 Å². The van der Waals surface area contributed by atoms with E-state index in [9.17, 15) is 9.59 Å². The van der Waals surface area contributed by atoms with Crippen LogP contribution >= 0.6 is 0 Å². The van der Waals surface area contributed by atoms with E-state index in [0.717, 1.165) is 5.56 Å². The lowest BCUT2D eigenvalue weighted by Crippen LogP contribution is -2.15.